The SMILES string of the molecule is CNC(=O)CNC(=O)CNC(=O)CNC(=O)C(O)NC(=O)CNC(=O)C(CCNC(=O)CO)NC. The average Bonchev–Trinajstić information content (AvgIpc) is 2.85. The lowest BCUT2D eigenvalue weighted by Crippen LogP contribution is -2.52. The van der Waals surface area contributed by atoms with Gasteiger partial charge < -0.3 is 52.7 Å². The molecule has 10 N–H and O–H groups in total. The molecule has 198 valence electrons. The minimum Gasteiger partial charge on any atom is -0.387 e. The van der Waals surface area contributed by atoms with Crippen molar-refractivity contribution in [1.82, 2.24) is 42.5 Å². The molecule has 0 bridgehead atoms. The quantitative estimate of drug-likeness (QED) is 0.0888. The van der Waals surface area contributed by atoms with Crippen LogP contribution in [0.15, 0.2) is 0 Å². The van der Waals surface area contributed by atoms with Gasteiger partial charge in [-0.05, 0) is 13.5 Å². The van der Waals surface area contributed by atoms with Crippen LogP contribution in [0, 0.1) is 0 Å². The van der Waals surface area contributed by atoms with Crippen molar-refractivity contribution >= 4 is 41.4 Å². The minimum absolute atomic E-state index is 0.0949. The first-order valence-corrected chi connectivity index (χ1v) is 10.4. The molecule has 0 heterocycles. The Labute approximate surface area is 200 Å². The molecular formula is C18H32N8O9. The highest BCUT2D eigenvalue weighted by Crippen LogP contribution is 1.90. The summed E-state index contributed by atoms with van der Waals surface area (Å²) in [7, 11) is 2.87. The summed E-state index contributed by atoms with van der Waals surface area (Å²) in [5.41, 5.74) is 0. The number of nitrogens with one attached hydrogen (secondary N) is 8. The Kier molecular flexibility index (Phi) is 15.7. The lowest BCUT2D eigenvalue weighted by molar-refractivity contribution is -0.138. The van der Waals surface area contributed by atoms with Crippen molar-refractivity contribution < 1.29 is 43.8 Å². The van der Waals surface area contributed by atoms with Gasteiger partial charge >= 0.3 is 0 Å². The van der Waals surface area contributed by atoms with Crippen LogP contribution in [0.5, 0.6) is 0 Å². The van der Waals surface area contributed by atoms with E-state index in [2.05, 4.69) is 31.9 Å². The number of aliphatic hydroxyl groups excluding tert-OH is 2. The van der Waals surface area contributed by atoms with Gasteiger partial charge in [-0.2, -0.15) is 0 Å². The summed E-state index contributed by atoms with van der Waals surface area (Å²) in [5, 5.41) is 36.3. The van der Waals surface area contributed by atoms with Gasteiger partial charge in [0.15, 0.2) is 0 Å². The van der Waals surface area contributed by atoms with Crippen molar-refractivity contribution in [3.63, 3.8) is 0 Å². The van der Waals surface area contributed by atoms with Gasteiger partial charge in [0.25, 0.3) is 5.91 Å². The number of carbonyl (C=O) groups is 7. The van der Waals surface area contributed by atoms with E-state index in [1.54, 1.807) is 0 Å². The highest BCUT2D eigenvalue weighted by molar-refractivity contribution is 5.92. The molecule has 0 aromatic rings. The molecule has 0 aromatic carbocycles. The Hall–Kier alpha value is -3.83. The van der Waals surface area contributed by atoms with E-state index in [0.717, 1.165) is 0 Å². The molecule has 2 atom stereocenters. The van der Waals surface area contributed by atoms with Crippen LogP contribution in [-0.2, 0) is 33.6 Å². The van der Waals surface area contributed by atoms with Crippen LogP contribution >= 0.6 is 0 Å². The summed E-state index contributed by atoms with van der Waals surface area (Å²) in [4.78, 5) is 80.8. The van der Waals surface area contributed by atoms with Gasteiger partial charge in [0.2, 0.25) is 41.7 Å². The topological polar surface area (TPSA) is 256 Å². The third-order valence-electron chi connectivity index (χ3n) is 4.13. The van der Waals surface area contributed by atoms with Crippen LogP contribution in [0.4, 0.5) is 0 Å². The first-order valence-electron chi connectivity index (χ1n) is 10.4. The predicted octanol–water partition coefficient (Wildman–Crippen LogP) is -7.28. The first kappa shape index (κ1) is 31.2. The van der Waals surface area contributed by atoms with E-state index in [4.69, 9.17) is 5.11 Å². The summed E-state index contributed by atoms with van der Waals surface area (Å²) in [6.07, 6.45) is -1.85. The van der Waals surface area contributed by atoms with Crippen LogP contribution in [-0.4, -0.2) is 117 Å². The van der Waals surface area contributed by atoms with E-state index in [9.17, 15) is 38.7 Å². The Morgan fingerprint density at radius 2 is 1.17 bits per heavy atom. The third kappa shape index (κ3) is 14.8. The lowest BCUT2D eigenvalue weighted by Gasteiger charge is -2.17. The number of hydrogen-bond acceptors (Lipinski definition) is 10. The van der Waals surface area contributed by atoms with Crippen molar-refractivity contribution in [2.45, 2.75) is 18.7 Å². The zero-order valence-corrected chi connectivity index (χ0v) is 19.4. The molecule has 7 amide bonds. The molecule has 0 rings (SSSR count). The highest BCUT2D eigenvalue weighted by atomic mass is 16.3. The number of hydrogen-bond donors (Lipinski definition) is 10. The minimum atomic E-state index is -2.02. The van der Waals surface area contributed by atoms with Crippen LogP contribution in [0.2, 0.25) is 0 Å². The molecule has 35 heavy (non-hydrogen) atoms. The van der Waals surface area contributed by atoms with Crippen molar-refractivity contribution in [3.05, 3.63) is 0 Å². The Morgan fingerprint density at radius 1 is 0.657 bits per heavy atom. The van der Waals surface area contributed by atoms with E-state index in [0.29, 0.717) is 0 Å². The number of carbonyl (C=O) groups excluding carboxylic acids is 7. The lowest BCUT2D eigenvalue weighted by atomic mass is 10.2. The fourth-order valence-corrected chi connectivity index (χ4v) is 2.21. The van der Waals surface area contributed by atoms with Crippen molar-refractivity contribution in [2.24, 2.45) is 0 Å². The normalized spacial score (nSPS) is 11.8. The second-order valence-electron chi connectivity index (χ2n) is 6.77. The Morgan fingerprint density at radius 3 is 1.71 bits per heavy atom. The maximum Gasteiger partial charge on any atom is 0.270 e. The van der Waals surface area contributed by atoms with Crippen molar-refractivity contribution in [3.8, 4) is 0 Å². The van der Waals surface area contributed by atoms with Gasteiger partial charge in [0, 0.05) is 13.6 Å². The maximum absolute atomic E-state index is 12.1. The third-order valence-corrected chi connectivity index (χ3v) is 4.13. The summed E-state index contributed by atoms with van der Waals surface area (Å²) in [6, 6.07) is -0.764. The van der Waals surface area contributed by atoms with Crippen LogP contribution < -0.4 is 42.5 Å². The second-order valence-corrected chi connectivity index (χ2v) is 6.77. The molecule has 0 saturated heterocycles. The molecule has 0 aliphatic rings. The molecule has 0 spiro atoms. The number of amides is 7. The maximum atomic E-state index is 12.1. The number of likely N-dealkylation sites (N-methyl/N-ethyl adjacent to an activating group) is 2. The van der Waals surface area contributed by atoms with Crippen LogP contribution in [0.3, 0.4) is 0 Å². The van der Waals surface area contributed by atoms with E-state index in [1.165, 1.54) is 14.1 Å². The van der Waals surface area contributed by atoms with Crippen molar-refractivity contribution in [2.75, 3.05) is 53.4 Å². The number of aliphatic hydroxyl groups is 2. The Balaban J connectivity index is 4.22. The molecule has 0 aromatic heterocycles. The average molecular weight is 505 g/mol. The van der Waals surface area contributed by atoms with E-state index >= 15 is 0 Å². The summed E-state index contributed by atoms with van der Waals surface area (Å²) in [6.45, 7) is -2.50. The largest absolute Gasteiger partial charge is 0.387 e. The molecule has 17 heteroatoms. The van der Waals surface area contributed by atoms with Crippen LogP contribution in [0.25, 0.3) is 0 Å². The van der Waals surface area contributed by atoms with E-state index in [-0.39, 0.29) is 19.5 Å². The van der Waals surface area contributed by atoms with E-state index in [1.807, 2.05) is 10.6 Å². The number of rotatable bonds is 16. The predicted molar refractivity (Wildman–Crippen MR) is 118 cm³/mol. The fourth-order valence-electron chi connectivity index (χ4n) is 2.21. The molecule has 0 radical (unpaired) electrons. The van der Waals surface area contributed by atoms with Gasteiger partial charge in [-0.15, -0.1) is 0 Å². The molecule has 17 nitrogen and oxygen atoms in total. The molecule has 0 saturated carbocycles. The molecule has 0 fully saturated rings. The molecule has 2 unspecified atom stereocenters. The van der Waals surface area contributed by atoms with Gasteiger partial charge in [-0.3, -0.25) is 33.6 Å². The zero-order chi connectivity index (χ0) is 26.8. The molecule has 0 aliphatic heterocycles. The summed E-state index contributed by atoms with van der Waals surface area (Å²) >= 11 is 0. The van der Waals surface area contributed by atoms with Gasteiger partial charge in [0.05, 0.1) is 32.2 Å². The Bertz CT molecular complexity index is 777. The summed E-state index contributed by atoms with van der Waals surface area (Å²) in [5.74, 6) is -5.05. The standard InChI is InChI=1S/C18H32N8O9/c1-19-10(3-4-21-15(32)9-27)16(33)24-8-14(31)26-18(35)17(34)25-7-13(30)23-6-12(29)22-5-11(28)20-2/h10,18-19,27,35H,3-9H2,1-2H3,(H,20,28)(H,21,32)(H,22,29)(H,23,30)(H,24,33)(H,25,34)(H,26,31). The highest BCUT2D eigenvalue weighted by Gasteiger charge is 2.21. The molecular weight excluding hydrogens is 472 g/mol. The first-order chi connectivity index (χ1) is 16.5. The van der Waals surface area contributed by atoms with E-state index < -0.39 is 79.9 Å². The van der Waals surface area contributed by atoms with Gasteiger partial charge in [0.1, 0.15) is 6.61 Å². The zero-order valence-electron chi connectivity index (χ0n) is 19.4. The second kappa shape index (κ2) is 17.6. The van der Waals surface area contributed by atoms with Crippen molar-refractivity contribution in [1.29, 1.82) is 0 Å². The monoisotopic (exact) mass is 504 g/mol. The fraction of sp³-hybridized carbons (Fsp3) is 0.611. The molecule has 0 aliphatic carbocycles. The van der Waals surface area contributed by atoms with Crippen LogP contribution in [0.1, 0.15) is 6.42 Å². The smallest absolute Gasteiger partial charge is 0.270 e. The summed E-state index contributed by atoms with van der Waals surface area (Å²) < 4.78 is 0. The van der Waals surface area contributed by atoms with Gasteiger partial charge in [-0.1, -0.05) is 0 Å². The van der Waals surface area contributed by atoms with Gasteiger partial charge in [-0.25, -0.2) is 0 Å².